The molecule has 0 saturated carbocycles. The maximum Gasteiger partial charge on any atom is 0.261 e. The molecule has 5 rings (SSSR count). The zero-order valence-electron chi connectivity index (χ0n) is 31.8. The van der Waals surface area contributed by atoms with E-state index in [4.69, 9.17) is 28.7 Å². The van der Waals surface area contributed by atoms with Gasteiger partial charge in [0.1, 0.15) is 12.4 Å². The van der Waals surface area contributed by atoms with E-state index in [1.165, 1.54) is 10.1 Å². The van der Waals surface area contributed by atoms with E-state index in [-0.39, 0.29) is 30.5 Å². The third kappa shape index (κ3) is 12.1. The van der Waals surface area contributed by atoms with Gasteiger partial charge in [-0.3, -0.25) is 28.8 Å². The van der Waals surface area contributed by atoms with E-state index in [1.54, 1.807) is 11.0 Å². The minimum absolute atomic E-state index is 0.0758. The first-order valence-electron chi connectivity index (χ1n) is 18.7. The Kier molecular flexibility index (Phi) is 15.7. The van der Waals surface area contributed by atoms with Crippen LogP contribution in [0.15, 0.2) is 35.1 Å². The van der Waals surface area contributed by atoms with Gasteiger partial charge in [-0.05, 0) is 50.5 Å². The number of para-hydroxylation sites is 1. The molecule has 1 aromatic heterocycles. The number of hydrogen-bond donors (Lipinski definition) is 1. The second kappa shape index (κ2) is 20.6. The number of fused-ring (bicyclic) bond motifs is 1. The van der Waals surface area contributed by atoms with Gasteiger partial charge in [-0.15, -0.1) is 0 Å². The van der Waals surface area contributed by atoms with Crippen molar-refractivity contribution in [2.24, 2.45) is 0 Å². The van der Waals surface area contributed by atoms with E-state index in [0.29, 0.717) is 129 Å². The first kappa shape index (κ1) is 40.4. The van der Waals surface area contributed by atoms with Crippen LogP contribution in [0.3, 0.4) is 0 Å². The molecule has 0 spiro atoms. The van der Waals surface area contributed by atoms with Gasteiger partial charge in [-0.2, -0.15) is 0 Å². The standard InChI is InChI=1S/C39H56N6O8/c1-29-24-31(3)37(32(4)25-29)41-35(46)27-43-10-16-52-22-20-50-14-8-42(9-15-51-21-23-53-17-11-43)26-34-40-38-30(2)6-5-7-33(38)39(48)45(34)28-36(47)44-12-18-49-19-13-44/h5-7,24-25H,8-23,26-28H2,1-4H3,(H,41,46). The molecule has 2 fully saturated rings. The predicted octanol–water partition coefficient (Wildman–Crippen LogP) is 2.31. The molecule has 0 aliphatic carbocycles. The minimum atomic E-state index is -0.228. The summed E-state index contributed by atoms with van der Waals surface area (Å²) in [5.41, 5.74) is 5.43. The fourth-order valence-electron chi connectivity index (χ4n) is 6.68. The van der Waals surface area contributed by atoms with Crippen molar-refractivity contribution < 1.29 is 33.3 Å². The molecule has 2 aromatic carbocycles. The zero-order valence-corrected chi connectivity index (χ0v) is 31.8. The minimum Gasteiger partial charge on any atom is -0.378 e. The number of morpholine rings is 1. The Bertz CT molecular complexity index is 1680. The first-order chi connectivity index (χ1) is 25.7. The Morgan fingerprint density at radius 2 is 1.21 bits per heavy atom. The topological polar surface area (TPSA) is 137 Å². The highest BCUT2D eigenvalue weighted by Gasteiger charge is 2.22. The average Bonchev–Trinajstić information content (AvgIpc) is 3.13. The Morgan fingerprint density at radius 3 is 1.79 bits per heavy atom. The lowest BCUT2D eigenvalue weighted by molar-refractivity contribution is -0.136. The number of amides is 2. The van der Waals surface area contributed by atoms with Crippen molar-refractivity contribution in [3.8, 4) is 0 Å². The number of carbonyl (C=O) groups excluding carboxylic acids is 2. The molecule has 2 saturated heterocycles. The number of nitrogens with one attached hydrogen (secondary N) is 1. The Morgan fingerprint density at radius 1 is 0.679 bits per heavy atom. The molecule has 0 atom stereocenters. The second-order valence-corrected chi connectivity index (χ2v) is 13.7. The van der Waals surface area contributed by atoms with Crippen LogP contribution < -0.4 is 10.9 Å². The van der Waals surface area contributed by atoms with Gasteiger partial charge in [0.15, 0.2) is 0 Å². The second-order valence-electron chi connectivity index (χ2n) is 13.7. The molecule has 53 heavy (non-hydrogen) atoms. The number of benzene rings is 2. The number of aryl methyl sites for hydroxylation is 4. The van der Waals surface area contributed by atoms with Gasteiger partial charge >= 0.3 is 0 Å². The lowest BCUT2D eigenvalue weighted by atomic mass is 10.1. The smallest absolute Gasteiger partial charge is 0.261 e. The number of carbonyl (C=O) groups is 2. The van der Waals surface area contributed by atoms with Gasteiger partial charge in [0.2, 0.25) is 11.8 Å². The highest BCUT2D eigenvalue weighted by Crippen LogP contribution is 2.22. The molecule has 3 heterocycles. The van der Waals surface area contributed by atoms with Gasteiger partial charge in [0.05, 0.1) is 90.1 Å². The average molecular weight is 737 g/mol. The molecule has 0 unspecified atom stereocenters. The maximum absolute atomic E-state index is 13.8. The molecule has 14 heteroatoms. The molecule has 0 bridgehead atoms. The molecule has 2 aliphatic heterocycles. The van der Waals surface area contributed by atoms with Crippen molar-refractivity contribution in [1.29, 1.82) is 0 Å². The highest BCUT2D eigenvalue weighted by atomic mass is 16.5. The van der Waals surface area contributed by atoms with E-state index in [2.05, 4.69) is 29.3 Å². The van der Waals surface area contributed by atoms with Crippen LogP contribution in [0.5, 0.6) is 0 Å². The predicted molar refractivity (Wildman–Crippen MR) is 202 cm³/mol. The summed E-state index contributed by atoms with van der Waals surface area (Å²) < 4.78 is 30.6. The molecule has 1 N–H and O–H groups in total. The summed E-state index contributed by atoms with van der Waals surface area (Å²) in [6.07, 6.45) is 0. The van der Waals surface area contributed by atoms with Crippen molar-refractivity contribution in [2.75, 3.05) is 117 Å². The number of hydrogen-bond acceptors (Lipinski definition) is 11. The maximum atomic E-state index is 13.8. The summed E-state index contributed by atoms with van der Waals surface area (Å²) in [4.78, 5) is 51.1. The summed E-state index contributed by atoms with van der Waals surface area (Å²) in [7, 11) is 0. The van der Waals surface area contributed by atoms with E-state index >= 15 is 0 Å². The highest BCUT2D eigenvalue weighted by molar-refractivity contribution is 5.93. The monoisotopic (exact) mass is 736 g/mol. The summed E-state index contributed by atoms with van der Waals surface area (Å²) in [5, 5.41) is 3.59. The van der Waals surface area contributed by atoms with Crippen LogP contribution in [0.25, 0.3) is 10.9 Å². The Hall–Kier alpha value is -3.76. The molecule has 2 amide bonds. The van der Waals surface area contributed by atoms with Crippen LogP contribution >= 0.6 is 0 Å². The largest absolute Gasteiger partial charge is 0.378 e. The van der Waals surface area contributed by atoms with E-state index < -0.39 is 0 Å². The van der Waals surface area contributed by atoms with Gasteiger partial charge in [0.25, 0.3) is 5.56 Å². The molecule has 290 valence electrons. The van der Waals surface area contributed by atoms with E-state index in [9.17, 15) is 14.4 Å². The number of ether oxygens (including phenoxy) is 5. The molecule has 2 aliphatic rings. The van der Waals surface area contributed by atoms with Crippen LogP contribution in [0.2, 0.25) is 0 Å². The van der Waals surface area contributed by atoms with Crippen LogP contribution in [0.4, 0.5) is 5.69 Å². The third-order valence-electron chi connectivity index (χ3n) is 9.55. The summed E-state index contributed by atoms with van der Waals surface area (Å²) in [5.74, 6) is 0.318. The fourth-order valence-corrected chi connectivity index (χ4v) is 6.68. The Balaban J connectivity index is 1.18. The summed E-state index contributed by atoms with van der Waals surface area (Å²) >= 11 is 0. The van der Waals surface area contributed by atoms with Crippen molar-refractivity contribution in [2.45, 2.75) is 40.8 Å². The van der Waals surface area contributed by atoms with Gasteiger partial charge in [0, 0.05) is 45.0 Å². The molecule has 0 radical (unpaired) electrons. The van der Waals surface area contributed by atoms with Crippen LogP contribution in [-0.4, -0.2) is 148 Å². The van der Waals surface area contributed by atoms with Gasteiger partial charge in [-0.25, -0.2) is 4.98 Å². The van der Waals surface area contributed by atoms with Crippen LogP contribution in [-0.2, 0) is 46.4 Å². The SMILES string of the molecule is Cc1cc(C)c(NC(=O)CN2CCOCCOCCN(Cc3nc4c(C)cccc4c(=O)n3CC(=O)N3CCOCC3)CCOCCOCC2)c(C)c1. The van der Waals surface area contributed by atoms with Gasteiger partial charge < -0.3 is 33.9 Å². The first-order valence-corrected chi connectivity index (χ1v) is 18.7. The van der Waals surface area contributed by atoms with E-state index in [0.717, 1.165) is 22.4 Å². The molecule has 14 nitrogen and oxygen atoms in total. The number of aromatic nitrogens is 2. The zero-order chi connectivity index (χ0) is 37.6. The summed E-state index contributed by atoms with van der Waals surface area (Å²) in [6.45, 7) is 16.1. The van der Waals surface area contributed by atoms with Gasteiger partial charge in [-0.1, -0.05) is 29.8 Å². The lowest BCUT2D eigenvalue weighted by Crippen LogP contribution is -2.44. The number of nitrogens with zero attached hydrogens (tertiary/aromatic N) is 5. The summed E-state index contributed by atoms with van der Waals surface area (Å²) in [6, 6.07) is 9.69. The quantitative estimate of drug-likeness (QED) is 0.383. The normalized spacial score (nSPS) is 18.4. The number of anilines is 1. The fraction of sp³-hybridized carbons (Fsp3) is 0.590. The molecule has 3 aromatic rings. The van der Waals surface area contributed by atoms with Crippen LogP contribution in [0, 0.1) is 27.7 Å². The van der Waals surface area contributed by atoms with E-state index in [1.807, 2.05) is 37.8 Å². The van der Waals surface area contributed by atoms with Crippen LogP contribution in [0.1, 0.15) is 28.1 Å². The van der Waals surface area contributed by atoms with Crippen molar-refractivity contribution in [3.63, 3.8) is 0 Å². The lowest BCUT2D eigenvalue weighted by Gasteiger charge is -2.28. The number of rotatable bonds is 7. The third-order valence-corrected chi connectivity index (χ3v) is 9.55. The van der Waals surface area contributed by atoms with Crippen molar-refractivity contribution in [1.82, 2.24) is 24.3 Å². The molecular formula is C39H56N6O8. The van der Waals surface area contributed by atoms with Crippen molar-refractivity contribution in [3.05, 3.63) is 68.8 Å². The van der Waals surface area contributed by atoms with Crippen molar-refractivity contribution >= 4 is 28.4 Å². The molecular weight excluding hydrogens is 680 g/mol. The Labute approximate surface area is 312 Å².